The van der Waals surface area contributed by atoms with Crippen molar-refractivity contribution in [3.8, 4) is 17.6 Å². The number of rotatable bonds is 6. The molecular formula is C18H16FNO4S. The minimum absolute atomic E-state index is 0.394. The number of hydrogen-bond acceptors (Lipinski definition) is 5. The van der Waals surface area contributed by atoms with Gasteiger partial charge in [0.25, 0.3) is 0 Å². The fourth-order valence-electron chi connectivity index (χ4n) is 2.13. The van der Waals surface area contributed by atoms with E-state index in [0.717, 1.165) is 0 Å². The lowest BCUT2D eigenvalue weighted by Crippen LogP contribution is -2.06. The lowest BCUT2D eigenvalue weighted by Gasteiger charge is -2.07. The summed E-state index contributed by atoms with van der Waals surface area (Å²) in [6.45, 7) is 0. The van der Waals surface area contributed by atoms with Crippen LogP contribution in [0, 0.1) is 17.1 Å². The van der Waals surface area contributed by atoms with E-state index in [1.54, 1.807) is 24.3 Å². The zero-order chi connectivity index (χ0) is 18.4. The molecule has 0 bridgehead atoms. The van der Waals surface area contributed by atoms with Crippen LogP contribution >= 0.6 is 0 Å². The van der Waals surface area contributed by atoms with Gasteiger partial charge in [0.1, 0.15) is 28.3 Å². The second kappa shape index (κ2) is 7.81. The Bertz CT molecular complexity index is 906. The van der Waals surface area contributed by atoms with Gasteiger partial charge in [0, 0.05) is 6.07 Å². The topological polar surface area (TPSA) is 76.4 Å². The van der Waals surface area contributed by atoms with Gasteiger partial charge in [0.05, 0.1) is 20.0 Å². The van der Waals surface area contributed by atoms with E-state index >= 15 is 0 Å². The smallest absolute Gasteiger partial charge is 0.192 e. The Morgan fingerprint density at radius 2 is 1.68 bits per heavy atom. The number of hydrogen-bond donors (Lipinski definition) is 0. The predicted octanol–water partition coefficient (Wildman–Crippen LogP) is 3.32. The van der Waals surface area contributed by atoms with Crippen LogP contribution in [0.2, 0.25) is 0 Å². The van der Waals surface area contributed by atoms with Crippen molar-refractivity contribution in [2.75, 3.05) is 14.2 Å². The van der Waals surface area contributed by atoms with E-state index < -0.39 is 26.3 Å². The molecule has 0 fully saturated rings. The van der Waals surface area contributed by atoms with Gasteiger partial charge in [-0.05, 0) is 41.5 Å². The van der Waals surface area contributed by atoms with Crippen LogP contribution in [-0.4, -0.2) is 22.6 Å². The van der Waals surface area contributed by atoms with Crippen LogP contribution < -0.4 is 9.47 Å². The maximum atomic E-state index is 12.9. The highest BCUT2D eigenvalue weighted by molar-refractivity contribution is 7.95. The van der Waals surface area contributed by atoms with E-state index in [4.69, 9.17) is 9.47 Å². The van der Waals surface area contributed by atoms with Gasteiger partial charge in [-0.1, -0.05) is 12.1 Å². The molecule has 0 saturated heterocycles. The first-order chi connectivity index (χ1) is 11.9. The van der Waals surface area contributed by atoms with Crippen LogP contribution in [0.5, 0.6) is 11.5 Å². The van der Waals surface area contributed by atoms with E-state index in [2.05, 4.69) is 0 Å². The summed E-state index contributed by atoms with van der Waals surface area (Å²) in [4.78, 5) is -0.396. The van der Waals surface area contributed by atoms with Crippen molar-refractivity contribution in [1.29, 1.82) is 5.26 Å². The molecule has 0 saturated carbocycles. The van der Waals surface area contributed by atoms with Crippen molar-refractivity contribution in [2.45, 2.75) is 5.75 Å². The SMILES string of the molecule is COc1cc(C=C(C#N)S(=O)(=O)Cc2ccc(F)cc2)cc(OC)c1. The van der Waals surface area contributed by atoms with Crippen molar-refractivity contribution in [3.05, 3.63) is 64.3 Å². The molecule has 0 radical (unpaired) electrons. The molecule has 0 aliphatic rings. The minimum Gasteiger partial charge on any atom is -0.497 e. The fraction of sp³-hybridized carbons (Fsp3) is 0.167. The van der Waals surface area contributed by atoms with Gasteiger partial charge < -0.3 is 9.47 Å². The molecule has 25 heavy (non-hydrogen) atoms. The highest BCUT2D eigenvalue weighted by atomic mass is 32.2. The molecule has 0 aliphatic heterocycles. The second-order valence-corrected chi connectivity index (χ2v) is 7.11. The van der Waals surface area contributed by atoms with Crippen molar-refractivity contribution < 1.29 is 22.3 Å². The molecule has 0 aliphatic carbocycles. The van der Waals surface area contributed by atoms with Gasteiger partial charge in [-0.3, -0.25) is 0 Å². The first kappa shape index (κ1) is 18.5. The lowest BCUT2D eigenvalue weighted by atomic mass is 10.2. The van der Waals surface area contributed by atoms with Crippen LogP contribution in [0.1, 0.15) is 11.1 Å². The normalized spacial score (nSPS) is 11.7. The molecule has 2 aromatic carbocycles. The first-order valence-corrected chi connectivity index (χ1v) is 8.85. The lowest BCUT2D eigenvalue weighted by molar-refractivity contribution is 0.394. The third-order valence-corrected chi connectivity index (χ3v) is 4.98. The number of ether oxygens (including phenoxy) is 2. The maximum Gasteiger partial charge on any atom is 0.192 e. The minimum atomic E-state index is -3.88. The molecule has 5 nitrogen and oxygen atoms in total. The molecule has 0 heterocycles. The third-order valence-electron chi connectivity index (χ3n) is 3.39. The van der Waals surface area contributed by atoms with Crippen LogP contribution in [0.4, 0.5) is 4.39 Å². The van der Waals surface area contributed by atoms with Crippen LogP contribution in [0.15, 0.2) is 47.4 Å². The quantitative estimate of drug-likeness (QED) is 0.738. The van der Waals surface area contributed by atoms with Gasteiger partial charge in [0.15, 0.2) is 9.84 Å². The van der Waals surface area contributed by atoms with Gasteiger partial charge in [-0.15, -0.1) is 0 Å². The van der Waals surface area contributed by atoms with E-state index in [-0.39, 0.29) is 0 Å². The van der Waals surface area contributed by atoms with Crippen molar-refractivity contribution in [3.63, 3.8) is 0 Å². The molecule has 0 amide bonds. The van der Waals surface area contributed by atoms with Crippen molar-refractivity contribution >= 4 is 15.9 Å². The molecule has 0 atom stereocenters. The van der Waals surface area contributed by atoms with Gasteiger partial charge in [0.2, 0.25) is 0 Å². The monoisotopic (exact) mass is 361 g/mol. The number of nitrogens with zero attached hydrogens (tertiary/aromatic N) is 1. The van der Waals surface area contributed by atoms with Crippen LogP contribution in [0.3, 0.4) is 0 Å². The Labute approximate surface area is 145 Å². The summed E-state index contributed by atoms with van der Waals surface area (Å²) in [5.74, 6) is 0.0895. The zero-order valence-corrected chi connectivity index (χ0v) is 14.5. The molecule has 2 rings (SSSR count). The largest absolute Gasteiger partial charge is 0.497 e. The van der Waals surface area contributed by atoms with Gasteiger partial charge in [-0.25, -0.2) is 12.8 Å². The predicted molar refractivity (Wildman–Crippen MR) is 92.2 cm³/mol. The average Bonchev–Trinajstić information content (AvgIpc) is 2.60. The molecule has 0 N–H and O–H groups in total. The molecule has 2 aromatic rings. The molecule has 0 aromatic heterocycles. The zero-order valence-electron chi connectivity index (χ0n) is 13.7. The van der Waals surface area contributed by atoms with Crippen molar-refractivity contribution in [2.24, 2.45) is 0 Å². The second-order valence-electron chi connectivity index (χ2n) is 5.15. The molecule has 0 spiro atoms. The summed E-state index contributed by atoms with van der Waals surface area (Å²) in [6.07, 6.45) is 1.25. The van der Waals surface area contributed by atoms with E-state index in [1.165, 1.54) is 44.6 Å². The summed E-state index contributed by atoms with van der Waals surface area (Å²) in [6, 6.07) is 11.6. The Balaban J connectivity index is 2.39. The summed E-state index contributed by atoms with van der Waals surface area (Å²) in [5.41, 5.74) is 0.848. The molecular weight excluding hydrogens is 345 g/mol. The van der Waals surface area contributed by atoms with Gasteiger partial charge in [-0.2, -0.15) is 5.26 Å². The van der Waals surface area contributed by atoms with E-state index in [9.17, 15) is 18.1 Å². The average molecular weight is 361 g/mol. The maximum absolute atomic E-state index is 12.9. The van der Waals surface area contributed by atoms with Crippen molar-refractivity contribution in [1.82, 2.24) is 0 Å². The van der Waals surface area contributed by atoms with Crippen LogP contribution in [-0.2, 0) is 15.6 Å². The molecule has 0 unspecified atom stereocenters. The van der Waals surface area contributed by atoms with E-state index in [0.29, 0.717) is 22.6 Å². The van der Waals surface area contributed by atoms with E-state index in [1.807, 2.05) is 0 Å². The number of benzene rings is 2. The van der Waals surface area contributed by atoms with Crippen LogP contribution in [0.25, 0.3) is 6.08 Å². The Morgan fingerprint density at radius 3 is 2.16 bits per heavy atom. The Hall–Kier alpha value is -2.85. The Morgan fingerprint density at radius 1 is 1.12 bits per heavy atom. The summed E-state index contributed by atoms with van der Waals surface area (Å²) < 4.78 is 48.2. The highest BCUT2D eigenvalue weighted by Crippen LogP contribution is 2.25. The summed E-state index contributed by atoms with van der Waals surface area (Å²) in [5, 5.41) is 9.28. The number of sulfone groups is 1. The fourth-order valence-corrected chi connectivity index (χ4v) is 3.38. The highest BCUT2D eigenvalue weighted by Gasteiger charge is 2.19. The molecule has 7 heteroatoms. The number of halogens is 1. The first-order valence-electron chi connectivity index (χ1n) is 7.20. The standard InChI is InChI=1S/C18H16FNO4S/c1-23-16-7-14(8-17(10-16)24-2)9-18(11-20)25(21,22)12-13-3-5-15(19)6-4-13/h3-10H,12H2,1-2H3. The summed E-state index contributed by atoms with van der Waals surface area (Å²) in [7, 11) is -0.938. The molecule has 130 valence electrons. The Kier molecular flexibility index (Phi) is 5.78. The number of methoxy groups -OCH3 is 2. The number of nitriles is 1. The third kappa shape index (κ3) is 4.81. The van der Waals surface area contributed by atoms with Gasteiger partial charge >= 0.3 is 0 Å². The summed E-state index contributed by atoms with van der Waals surface area (Å²) >= 11 is 0. The number of allylic oxidation sites excluding steroid dienone is 1.